The van der Waals surface area contributed by atoms with E-state index in [0.717, 1.165) is 16.8 Å². The van der Waals surface area contributed by atoms with E-state index < -0.39 is 5.82 Å². The number of thiazole rings is 1. The summed E-state index contributed by atoms with van der Waals surface area (Å²) in [5, 5.41) is 7.25. The maximum absolute atomic E-state index is 13.2. The van der Waals surface area contributed by atoms with Crippen LogP contribution in [0.5, 0.6) is 11.5 Å². The van der Waals surface area contributed by atoms with Crippen molar-refractivity contribution in [3.8, 4) is 22.8 Å². The molecule has 0 bridgehead atoms. The highest BCUT2D eigenvalue weighted by Crippen LogP contribution is 2.30. The molecule has 1 N–H and O–H groups in total. The van der Waals surface area contributed by atoms with Crippen molar-refractivity contribution in [1.82, 2.24) is 4.98 Å². The summed E-state index contributed by atoms with van der Waals surface area (Å²) >= 11 is 7.56. The van der Waals surface area contributed by atoms with Gasteiger partial charge in [-0.1, -0.05) is 48.0 Å². The van der Waals surface area contributed by atoms with Crippen molar-refractivity contribution in [3.63, 3.8) is 0 Å². The van der Waals surface area contributed by atoms with Crippen molar-refractivity contribution in [2.24, 2.45) is 5.10 Å². The highest BCUT2D eigenvalue weighted by Gasteiger charge is 2.08. The zero-order valence-corrected chi connectivity index (χ0v) is 18.7. The van der Waals surface area contributed by atoms with E-state index in [4.69, 9.17) is 21.1 Å². The summed E-state index contributed by atoms with van der Waals surface area (Å²) in [6, 6.07) is 19.6. The summed E-state index contributed by atoms with van der Waals surface area (Å²) in [6.45, 7) is 0.176. The molecule has 162 valence electrons. The summed E-state index contributed by atoms with van der Waals surface area (Å²) < 4.78 is 24.5. The molecule has 0 aliphatic heterocycles. The molecule has 3 aromatic carbocycles. The molecule has 1 heterocycles. The largest absolute Gasteiger partial charge is 0.493 e. The van der Waals surface area contributed by atoms with Crippen LogP contribution in [-0.4, -0.2) is 18.3 Å². The van der Waals surface area contributed by atoms with E-state index in [2.05, 4.69) is 15.5 Å². The van der Waals surface area contributed by atoms with Crippen molar-refractivity contribution in [2.75, 3.05) is 12.5 Å². The van der Waals surface area contributed by atoms with Crippen molar-refractivity contribution in [3.05, 3.63) is 94.1 Å². The molecular formula is C24H19ClFN3O2S. The SMILES string of the molecule is COc1ccc(C=NNc2nc(-c3ccccc3)cs2)cc1OCc1ccc(F)cc1Cl. The lowest BCUT2D eigenvalue weighted by Gasteiger charge is -2.12. The Bertz CT molecular complexity index is 1230. The number of nitrogens with zero attached hydrogens (tertiary/aromatic N) is 2. The van der Waals surface area contributed by atoms with E-state index in [0.29, 0.717) is 27.2 Å². The second kappa shape index (κ2) is 10.3. The first-order valence-electron chi connectivity index (χ1n) is 9.67. The number of aromatic nitrogens is 1. The molecule has 0 radical (unpaired) electrons. The Morgan fingerprint density at radius 1 is 1.09 bits per heavy atom. The summed E-state index contributed by atoms with van der Waals surface area (Å²) in [7, 11) is 1.56. The van der Waals surface area contributed by atoms with Gasteiger partial charge in [-0.25, -0.2) is 9.37 Å². The van der Waals surface area contributed by atoms with Crippen LogP contribution in [0.1, 0.15) is 11.1 Å². The average molecular weight is 468 g/mol. The molecule has 0 spiro atoms. The molecule has 5 nitrogen and oxygen atoms in total. The fraction of sp³-hybridized carbons (Fsp3) is 0.0833. The molecule has 0 saturated carbocycles. The van der Waals surface area contributed by atoms with Crippen LogP contribution < -0.4 is 14.9 Å². The van der Waals surface area contributed by atoms with Crippen LogP contribution in [0.4, 0.5) is 9.52 Å². The van der Waals surface area contributed by atoms with Crippen LogP contribution in [0.15, 0.2) is 77.2 Å². The standard InChI is InChI=1S/C24H19ClFN3O2S/c1-30-22-10-7-16(11-23(22)31-14-18-8-9-19(26)12-20(18)25)13-27-29-24-28-21(15-32-24)17-5-3-2-4-6-17/h2-13,15H,14H2,1H3,(H,28,29). The molecule has 4 rings (SSSR count). The van der Waals surface area contributed by atoms with E-state index >= 15 is 0 Å². The Labute approximate surface area is 194 Å². The first-order valence-corrected chi connectivity index (χ1v) is 10.9. The summed E-state index contributed by atoms with van der Waals surface area (Å²) in [5.41, 5.74) is 6.38. The normalized spacial score (nSPS) is 11.0. The second-order valence-corrected chi connectivity index (χ2v) is 7.97. The third-order valence-corrected chi connectivity index (χ3v) is 5.63. The van der Waals surface area contributed by atoms with Crippen LogP contribution in [0.3, 0.4) is 0 Å². The number of hydrogen-bond acceptors (Lipinski definition) is 6. The fourth-order valence-electron chi connectivity index (χ4n) is 2.91. The molecule has 0 fully saturated rings. The highest BCUT2D eigenvalue weighted by molar-refractivity contribution is 7.14. The average Bonchev–Trinajstić information content (AvgIpc) is 3.28. The zero-order chi connectivity index (χ0) is 22.3. The van der Waals surface area contributed by atoms with Gasteiger partial charge in [0.25, 0.3) is 0 Å². The van der Waals surface area contributed by atoms with Crippen molar-refractivity contribution < 1.29 is 13.9 Å². The minimum Gasteiger partial charge on any atom is -0.493 e. The van der Waals surface area contributed by atoms with Crippen molar-refractivity contribution >= 4 is 34.3 Å². The van der Waals surface area contributed by atoms with Crippen LogP contribution in [-0.2, 0) is 6.61 Å². The first-order chi connectivity index (χ1) is 15.6. The molecule has 32 heavy (non-hydrogen) atoms. The molecule has 4 aromatic rings. The monoisotopic (exact) mass is 467 g/mol. The lowest BCUT2D eigenvalue weighted by Crippen LogP contribution is -2.00. The summed E-state index contributed by atoms with van der Waals surface area (Å²) in [6.07, 6.45) is 1.67. The molecule has 0 aliphatic carbocycles. The quantitative estimate of drug-likeness (QED) is 0.233. The second-order valence-electron chi connectivity index (χ2n) is 6.71. The van der Waals surface area contributed by atoms with Gasteiger partial charge in [-0.3, -0.25) is 5.43 Å². The molecule has 0 amide bonds. The van der Waals surface area contributed by atoms with Gasteiger partial charge in [-0.05, 0) is 35.9 Å². The molecule has 0 aliphatic rings. The predicted octanol–water partition coefficient (Wildman–Crippen LogP) is 6.64. The van der Waals surface area contributed by atoms with Crippen LogP contribution in [0, 0.1) is 5.82 Å². The Kier molecular flexibility index (Phi) is 6.99. The van der Waals surface area contributed by atoms with Gasteiger partial charge < -0.3 is 9.47 Å². The van der Waals surface area contributed by atoms with E-state index in [9.17, 15) is 4.39 Å². The number of hydrazone groups is 1. The summed E-state index contributed by atoms with van der Waals surface area (Å²) in [4.78, 5) is 4.54. The number of halogens is 2. The molecule has 0 atom stereocenters. The zero-order valence-electron chi connectivity index (χ0n) is 17.1. The van der Waals surface area contributed by atoms with Gasteiger partial charge in [0.15, 0.2) is 11.5 Å². The third-order valence-electron chi connectivity index (χ3n) is 4.53. The van der Waals surface area contributed by atoms with Gasteiger partial charge in [0.2, 0.25) is 5.13 Å². The van der Waals surface area contributed by atoms with Crippen LogP contribution in [0.25, 0.3) is 11.3 Å². The lowest BCUT2D eigenvalue weighted by molar-refractivity contribution is 0.284. The van der Waals surface area contributed by atoms with E-state index in [1.807, 2.05) is 41.8 Å². The smallest absolute Gasteiger partial charge is 0.203 e. The number of hydrogen-bond donors (Lipinski definition) is 1. The molecular weight excluding hydrogens is 449 g/mol. The fourth-order valence-corrected chi connectivity index (χ4v) is 3.80. The molecule has 0 saturated heterocycles. The topological polar surface area (TPSA) is 55.7 Å². The van der Waals surface area contributed by atoms with Crippen molar-refractivity contribution in [1.29, 1.82) is 0 Å². The molecule has 1 aromatic heterocycles. The minimum atomic E-state index is -0.391. The predicted molar refractivity (Wildman–Crippen MR) is 128 cm³/mol. The van der Waals surface area contributed by atoms with Crippen LogP contribution in [0.2, 0.25) is 5.02 Å². The number of anilines is 1. The Morgan fingerprint density at radius 2 is 1.94 bits per heavy atom. The summed E-state index contributed by atoms with van der Waals surface area (Å²) in [5.74, 6) is 0.705. The van der Waals surface area contributed by atoms with E-state index in [-0.39, 0.29) is 6.61 Å². The van der Waals surface area contributed by atoms with Gasteiger partial charge in [0, 0.05) is 16.5 Å². The lowest BCUT2D eigenvalue weighted by atomic mass is 10.2. The van der Waals surface area contributed by atoms with Crippen molar-refractivity contribution in [2.45, 2.75) is 6.61 Å². The maximum atomic E-state index is 13.2. The van der Waals surface area contributed by atoms with Crippen LogP contribution >= 0.6 is 22.9 Å². The maximum Gasteiger partial charge on any atom is 0.203 e. The number of rotatable bonds is 8. The van der Waals surface area contributed by atoms with E-state index in [1.54, 1.807) is 31.5 Å². The number of nitrogens with one attached hydrogen (secondary N) is 1. The van der Waals surface area contributed by atoms with Gasteiger partial charge in [0.05, 0.1) is 24.0 Å². The van der Waals surface area contributed by atoms with Gasteiger partial charge in [-0.2, -0.15) is 5.10 Å². The first kappa shape index (κ1) is 21.8. The minimum absolute atomic E-state index is 0.176. The van der Waals surface area contributed by atoms with Gasteiger partial charge in [-0.15, -0.1) is 11.3 Å². The van der Waals surface area contributed by atoms with Gasteiger partial charge >= 0.3 is 0 Å². The van der Waals surface area contributed by atoms with Gasteiger partial charge in [0.1, 0.15) is 12.4 Å². The Morgan fingerprint density at radius 3 is 2.72 bits per heavy atom. The Balaban J connectivity index is 1.43. The van der Waals surface area contributed by atoms with E-state index in [1.165, 1.54) is 23.5 Å². The third kappa shape index (κ3) is 5.43. The Hall–Kier alpha value is -3.42. The molecule has 0 unspecified atom stereocenters. The highest BCUT2D eigenvalue weighted by atomic mass is 35.5. The number of benzene rings is 3. The number of methoxy groups -OCH3 is 1. The number of ether oxygens (including phenoxy) is 2. The molecule has 8 heteroatoms.